The first-order valence-electron chi connectivity index (χ1n) is 6.74. The molecule has 1 aliphatic carbocycles. The summed E-state index contributed by atoms with van der Waals surface area (Å²) in [5.74, 6) is 0.269. The quantitative estimate of drug-likeness (QED) is 0.887. The van der Waals surface area contributed by atoms with Crippen LogP contribution in [0.1, 0.15) is 34.8 Å². The highest BCUT2D eigenvalue weighted by molar-refractivity contribution is 7.16. The summed E-state index contributed by atoms with van der Waals surface area (Å²) in [7, 11) is 0. The number of rotatable bonds is 3. The van der Waals surface area contributed by atoms with Crippen molar-refractivity contribution in [1.29, 1.82) is 0 Å². The Morgan fingerprint density at radius 2 is 2.11 bits per heavy atom. The first-order chi connectivity index (χ1) is 9.24. The average Bonchev–Trinajstić information content (AvgIpc) is 2.83. The van der Waals surface area contributed by atoms with Crippen molar-refractivity contribution in [2.45, 2.75) is 37.7 Å². The Morgan fingerprint density at radius 1 is 1.26 bits per heavy atom. The minimum absolute atomic E-state index is 0.269. The normalized spacial score (nSPS) is 20.0. The van der Waals surface area contributed by atoms with Crippen LogP contribution in [-0.2, 0) is 12.8 Å². The molecule has 3 rings (SSSR count). The molecule has 3 heteroatoms. The Morgan fingerprint density at radius 3 is 2.89 bits per heavy atom. The fourth-order valence-corrected chi connectivity index (χ4v) is 4.14. The number of fused-ring (bicyclic) bond motifs is 1. The number of hydrogen-bond acceptors (Lipinski definition) is 2. The Labute approximate surface area is 122 Å². The molecule has 0 saturated heterocycles. The van der Waals surface area contributed by atoms with Crippen molar-refractivity contribution in [3.63, 3.8) is 0 Å². The molecular formula is C16H17ClOS. The third-order valence-corrected chi connectivity index (χ3v) is 5.17. The van der Waals surface area contributed by atoms with E-state index >= 15 is 0 Å². The van der Waals surface area contributed by atoms with Crippen LogP contribution < -0.4 is 0 Å². The van der Waals surface area contributed by atoms with E-state index < -0.39 is 0 Å². The highest BCUT2D eigenvalue weighted by Gasteiger charge is 2.26. The maximum Gasteiger partial charge on any atom is 0.0931 e. The summed E-state index contributed by atoms with van der Waals surface area (Å²) in [5, 5.41) is 10.5. The van der Waals surface area contributed by atoms with Crippen LogP contribution in [0.3, 0.4) is 0 Å². The molecule has 0 fully saturated rings. The van der Waals surface area contributed by atoms with Gasteiger partial charge in [-0.15, -0.1) is 11.3 Å². The lowest BCUT2D eigenvalue weighted by Crippen LogP contribution is -2.24. The fraction of sp³-hybridized carbons (Fsp3) is 0.375. The van der Waals surface area contributed by atoms with Gasteiger partial charge in [0.1, 0.15) is 0 Å². The van der Waals surface area contributed by atoms with Crippen LogP contribution >= 0.6 is 22.9 Å². The van der Waals surface area contributed by atoms with Gasteiger partial charge in [0.05, 0.1) is 10.4 Å². The first kappa shape index (κ1) is 13.2. The van der Waals surface area contributed by atoms with E-state index in [2.05, 4.69) is 24.3 Å². The van der Waals surface area contributed by atoms with E-state index in [1.807, 2.05) is 12.1 Å². The van der Waals surface area contributed by atoms with Crippen molar-refractivity contribution in [2.24, 2.45) is 0 Å². The molecule has 1 aromatic heterocycles. The van der Waals surface area contributed by atoms with Crippen LogP contribution in [-0.4, -0.2) is 11.2 Å². The van der Waals surface area contributed by atoms with Crippen molar-refractivity contribution in [1.82, 2.24) is 0 Å². The van der Waals surface area contributed by atoms with Gasteiger partial charge in [0.15, 0.2) is 0 Å². The van der Waals surface area contributed by atoms with Gasteiger partial charge in [-0.1, -0.05) is 35.9 Å². The summed E-state index contributed by atoms with van der Waals surface area (Å²) in [4.78, 5) is 1.17. The predicted molar refractivity (Wildman–Crippen MR) is 81.2 cm³/mol. The molecule has 2 aromatic rings. The molecule has 1 aliphatic rings. The highest BCUT2D eigenvalue weighted by Crippen LogP contribution is 2.35. The monoisotopic (exact) mass is 292 g/mol. The van der Waals surface area contributed by atoms with Gasteiger partial charge in [0.25, 0.3) is 0 Å². The lowest BCUT2D eigenvalue weighted by molar-refractivity contribution is 0.135. The largest absolute Gasteiger partial charge is 0.392 e. The van der Waals surface area contributed by atoms with E-state index in [1.54, 1.807) is 11.3 Å². The number of hydrogen-bond donors (Lipinski definition) is 1. The van der Waals surface area contributed by atoms with E-state index in [4.69, 9.17) is 11.6 Å². The van der Waals surface area contributed by atoms with Gasteiger partial charge < -0.3 is 5.11 Å². The van der Waals surface area contributed by atoms with Crippen LogP contribution in [0.15, 0.2) is 36.4 Å². The third kappa shape index (κ3) is 2.86. The van der Waals surface area contributed by atoms with Crippen molar-refractivity contribution in [3.8, 4) is 0 Å². The molecule has 0 amide bonds. The maximum absolute atomic E-state index is 10.5. The SMILES string of the molecule is OC(Cc1ccc(Cl)s1)C1CCCc2ccccc21. The summed E-state index contributed by atoms with van der Waals surface area (Å²) in [6, 6.07) is 12.5. The molecule has 1 aromatic carbocycles. The molecule has 0 saturated carbocycles. The molecule has 2 atom stereocenters. The average molecular weight is 293 g/mol. The van der Waals surface area contributed by atoms with E-state index in [0.717, 1.165) is 17.2 Å². The Hall–Kier alpha value is -0.830. The minimum Gasteiger partial charge on any atom is -0.392 e. The van der Waals surface area contributed by atoms with E-state index in [0.29, 0.717) is 6.42 Å². The van der Waals surface area contributed by atoms with Gasteiger partial charge in [-0.25, -0.2) is 0 Å². The second-order valence-corrected chi connectivity index (χ2v) is 6.97. The van der Waals surface area contributed by atoms with Gasteiger partial charge in [-0.05, 0) is 42.5 Å². The molecule has 100 valence electrons. The molecule has 0 radical (unpaired) electrons. The number of thiophene rings is 1. The minimum atomic E-state index is -0.309. The van der Waals surface area contributed by atoms with Crippen LogP contribution in [0.2, 0.25) is 4.34 Å². The number of benzene rings is 1. The lowest BCUT2D eigenvalue weighted by atomic mass is 9.79. The Balaban J connectivity index is 1.79. The van der Waals surface area contributed by atoms with Crippen LogP contribution in [0.4, 0.5) is 0 Å². The van der Waals surface area contributed by atoms with E-state index in [9.17, 15) is 5.11 Å². The summed E-state index contributed by atoms with van der Waals surface area (Å²) >= 11 is 7.51. The summed E-state index contributed by atoms with van der Waals surface area (Å²) < 4.78 is 0.797. The molecule has 1 heterocycles. The van der Waals surface area contributed by atoms with Crippen molar-refractivity contribution in [3.05, 3.63) is 56.7 Å². The molecule has 0 spiro atoms. The van der Waals surface area contributed by atoms with Crippen LogP contribution in [0.5, 0.6) is 0 Å². The number of aliphatic hydroxyl groups is 1. The molecule has 0 bridgehead atoms. The standard InChI is InChI=1S/C16H17ClOS/c17-16-9-8-12(19-16)10-15(18)14-7-3-5-11-4-1-2-6-13(11)14/h1-2,4,6,8-9,14-15,18H,3,5,7,10H2. The number of aryl methyl sites for hydroxylation is 1. The van der Waals surface area contributed by atoms with Gasteiger partial charge >= 0.3 is 0 Å². The number of aliphatic hydroxyl groups excluding tert-OH is 1. The molecule has 2 unspecified atom stereocenters. The van der Waals surface area contributed by atoms with Gasteiger partial charge in [0.2, 0.25) is 0 Å². The molecule has 1 N–H and O–H groups in total. The number of halogens is 1. The molecule has 1 nitrogen and oxygen atoms in total. The summed E-state index contributed by atoms with van der Waals surface area (Å²) in [5.41, 5.74) is 2.74. The van der Waals surface area contributed by atoms with E-state index in [1.165, 1.54) is 22.4 Å². The maximum atomic E-state index is 10.5. The van der Waals surface area contributed by atoms with E-state index in [-0.39, 0.29) is 12.0 Å². The predicted octanol–water partition coefficient (Wildman–Crippen LogP) is 4.43. The molecule has 19 heavy (non-hydrogen) atoms. The zero-order valence-electron chi connectivity index (χ0n) is 10.7. The second kappa shape index (κ2) is 5.66. The van der Waals surface area contributed by atoms with Crippen molar-refractivity contribution in [2.75, 3.05) is 0 Å². The lowest BCUT2D eigenvalue weighted by Gasteiger charge is -2.29. The highest BCUT2D eigenvalue weighted by atomic mass is 35.5. The van der Waals surface area contributed by atoms with Gasteiger partial charge in [0, 0.05) is 17.2 Å². The molecular weight excluding hydrogens is 276 g/mol. The smallest absolute Gasteiger partial charge is 0.0931 e. The zero-order chi connectivity index (χ0) is 13.2. The third-order valence-electron chi connectivity index (χ3n) is 3.92. The van der Waals surface area contributed by atoms with Gasteiger partial charge in [-0.2, -0.15) is 0 Å². The van der Waals surface area contributed by atoms with Crippen molar-refractivity contribution >= 4 is 22.9 Å². The Kier molecular flexibility index (Phi) is 3.92. The zero-order valence-corrected chi connectivity index (χ0v) is 12.3. The second-order valence-electron chi connectivity index (χ2n) is 5.17. The molecule has 0 aliphatic heterocycles. The van der Waals surface area contributed by atoms with Crippen LogP contribution in [0.25, 0.3) is 0 Å². The van der Waals surface area contributed by atoms with Crippen molar-refractivity contribution < 1.29 is 5.11 Å². The first-order valence-corrected chi connectivity index (χ1v) is 7.93. The fourth-order valence-electron chi connectivity index (χ4n) is 3.00. The summed E-state index contributed by atoms with van der Waals surface area (Å²) in [6.07, 6.45) is 3.79. The summed E-state index contributed by atoms with van der Waals surface area (Å²) in [6.45, 7) is 0. The topological polar surface area (TPSA) is 20.2 Å². The Bertz CT molecular complexity index is 563. The van der Waals surface area contributed by atoms with Crippen LogP contribution in [0, 0.1) is 0 Å². The van der Waals surface area contributed by atoms with Gasteiger partial charge in [-0.3, -0.25) is 0 Å².